The van der Waals surface area contributed by atoms with Gasteiger partial charge < -0.3 is 19.4 Å². The summed E-state index contributed by atoms with van der Waals surface area (Å²) in [6.45, 7) is 5.89. The minimum atomic E-state index is -1.05. The van der Waals surface area contributed by atoms with Crippen LogP contribution in [0.25, 0.3) is 0 Å². The molecule has 3 aliphatic heterocycles. The van der Waals surface area contributed by atoms with Crippen LogP contribution in [0.3, 0.4) is 0 Å². The van der Waals surface area contributed by atoms with Crippen LogP contribution in [0, 0.1) is 0 Å². The number of rotatable bonds is 5. The van der Waals surface area contributed by atoms with Crippen molar-refractivity contribution in [3.05, 3.63) is 0 Å². The van der Waals surface area contributed by atoms with Crippen LogP contribution < -0.4 is 0 Å². The molecular formula is C22H32ClN3O6S. The maximum Gasteiger partial charge on any atom is 0.328 e. The van der Waals surface area contributed by atoms with Crippen molar-refractivity contribution in [2.75, 3.05) is 26.7 Å². The lowest BCUT2D eigenvalue weighted by Gasteiger charge is -2.39. The van der Waals surface area contributed by atoms with E-state index in [9.17, 15) is 24.0 Å². The minimum Gasteiger partial charge on any atom is -0.467 e. The summed E-state index contributed by atoms with van der Waals surface area (Å²) in [6.07, 6.45) is 2.65. The molecular weight excluding hydrogens is 470 g/mol. The van der Waals surface area contributed by atoms with E-state index in [2.05, 4.69) is 0 Å². The fourth-order valence-electron chi connectivity index (χ4n) is 5.24. The van der Waals surface area contributed by atoms with E-state index < -0.39 is 29.0 Å². The van der Waals surface area contributed by atoms with E-state index in [4.69, 9.17) is 16.3 Å². The Hall–Kier alpha value is -1.81. The monoisotopic (exact) mass is 501 g/mol. The van der Waals surface area contributed by atoms with Crippen molar-refractivity contribution in [2.24, 2.45) is 0 Å². The summed E-state index contributed by atoms with van der Waals surface area (Å²) < 4.78 is 4.90. The van der Waals surface area contributed by atoms with E-state index in [1.807, 2.05) is 0 Å². The number of esters is 1. The highest BCUT2D eigenvalue weighted by Gasteiger charge is 2.52. The maximum atomic E-state index is 13.7. The molecule has 0 bridgehead atoms. The van der Waals surface area contributed by atoms with Crippen LogP contribution in [-0.2, 0) is 28.7 Å². The number of nitrogens with zero attached hydrogens (tertiary/aromatic N) is 3. The Kier molecular flexibility index (Phi) is 7.99. The summed E-state index contributed by atoms with van der Waals surface area (Å²) in [7, 11) is 1.27. The molecule has 0 N–H and O–H groups in total. The Labute approximate surface area is 203 Å². The van der Waals surface area contributed by atoms with Gasteiger partial charge in [0.2, 0.25) is 17.7 Å². The number of alkyl halides is 1. The third-order valence-electron chi connectivity index (χ3n) is 6.86. The van der Waals surface area contributed by atoms with E-state index in [1.165, 1.54) is 18.9 Å². The van der Waals surface area contributed by atoms with Crippen LogP contribution in [0.4, 0.5) is 0 Å². The molecule has 3 heterocycles. The van der Waals surface area contributed by atoms with Crippen molar-refractivity contribution >= 4 is 52.2 Å². The lowest BCUT2D eigenvalue weighted by atomic mass is 9.95. The molecule has 0 spiro atoms. The van der Waals surface area contributed by atoms with Gasteiger partial charge in [0.15, 0.2) is 5.12 Å². The van der Waals surface area contributed by atoms with Crippen molar-refractivity contribution < 1.29 is 28.7 Å². The van der Waals surface area contributed by atoms with Gasteiger partial charge in [-0.15, -0.1) is 11.6 Å². The molecule has 3 amide bonds. The fourth-order valence-corrected chi connectivity index (χ4v) is 6.34. The number of carbonyl (C=O) groups is 5. The summed E-state index contributed by atoms with van der Waals surface area (Å²) in [6, 6.07) is -1.50. The zero-order valence-electron chi connectivity index (χ0n) is 19.5. The van der Waals surface area contributed by atoms with E-state index in [0.29, 0.717) is 45.2 Å². The molecule has 0 aromatic carbocycles. The molecule has 5 atom stereocenters. The summed E-state index contributed by atoms with van der Waals surface area (Å²) >= 11 is 7.14. The van der Waals surface area contributed by atoms with E-state index in [-0.39, 0.29) is 34.6 Å². The number of hydrogen-bond acceptors (Lipinski definition) is 7. The van der Waals surface area contributed by atoms with Gasteiger partial charge >= 0.3 is 5.97 Å². The zero-order valence-corrected chi connectivity index (χ0v) is 21.1. The van der Waals surface area contributed by atoms with Crippen molar-refractivity contribution in [1.82, 2.24) is 14.7 Å². The zero-order chi connectivity index (χ0) is 24.5. The molecule has 11 heteroatoms. The molecule has 33 heavy (non-hydrogen) atoms. The molecule has 9 nitrogen and oxygen atoms in total. The SMILES string of the molecule is COC(=O)[C@@H]1C[C@H](SC(C)=O)CN1C(=O)[C@@H]1CCCN1C(=O)[C@]1(C)CCCN1C(=O)[C@H](C)Cl. The molecule has 3 aliphatic rings. The lowest BCUT2D eigenvalue weighted by Crippen LogP contribution is -2.60. The molecule has 0 radical (unpaired) electrons. The van der Waals surface area contributed by atoms with Crippen molar-refractivity contribution in [1.29, 1.82) is 0 Å². The van der Waals surface area contributed by atoms with Gasteiger partial charge in [0.05, 0.1) is 7.11 Å². The van der Waals surface area contributed by atoms with E-state index in [1.54, 1.807) is 23.6 Å². The largest absolute Gasteiger partial charge is 0.467 e. The minimum absolute atomic E-state index is 0.0805. The van der Waals surface area contributed by atoms with Crippen LogP contribution in [0.2, 0.25) is 0 Å². The highest BCUT2D eigenvalue weighted by atomic mass is 35.5. The summed E-state index contributed by atoms with van der Waals surface area (Å²) in [4.78, 5) is 68.5. The molecule has 3 fully saturated rings. The number of hydrogen-bond donors (Lipinski definition) is 0. The topological polar surface area (TPSA) is 104 Å². The van der Waals surface area contributed by atoms with Gasteiger partial charge in [-0.1, -0.05) is 11.8 Å². The first-order valence-corrected chi connectivity index (χ1v) is 12.6. The first-order chi connectivity index (χ1) is 15.5. The number of halogens is 1. The van der Waals surface area contributed by atoms with Gasteiger partial charge in [-0.3, -0.25) is 19.2 Å². The lowest BCUT2D eigenvalue weighted by molar-refractivity contribution is -0.157. The molecule has 0 aromatic heterocycles. The number of amides is 3. The van der Waals surface area contributed by atoms with Gasteiger partial charge in [-0.25, -0.2) is 4.79 Å². The summed E-state index contributed by atoms with van der Waals surface area (Å²) in [5.41, 5.74) is -1.05. The fraction of sp³-hybridized carbons (Fsp3) is 0.773. The predicted molar refractivity (Wildman–Crippen MR) is 124 cm³/mol. The highest BCUT2D eigenvalue weighted by molar-refractivity contribution is 8.14. The summed E-state index contributed by atoms with van der Waals surface area (Å²) in [5, 5.41) is -1.03. The first kappa shape index (κ1) is 25.8. The average Bonchev–Trinajstić information content (AvgIpc) is 3.49. The van der Waals surface area contributed by atoms with Gasteiger partial charge in [0, 0.05) is 31.8 Å². The quantitative estimate of drug-likeness (QED) is 0.414. The smallest absolute Gasteiger partial charge is 0.328 e. The van der Waals surface area contributed by atoms with Gasteiger partial charge in [0.1, 0.15) is 23.0 Å². The Morgan fingerprint density at radius 3 is 2.39 bits per heavy atom. The number of carbonyl (C=O) groups excluding carboxylic acids is 5. The van der Waals surface area contributed by atoms with Crippen molar-refractivity contribution in [3.8, 4) is 0 Å². The van der Waals surface area contributed by atoms with E-state index >= 15 is 0 Å². The second-order valence-electron chi connectivity index (χ2n) is 9.14. The van der Waals surface area contributed by atoms with Gasteiger partial charge in [0.25, 0.3) is 0 Å². The van der Waals surface area contributed by atoms with Crippen molar-refractivity contribution in [3.63, 3.8) is 0 Å². The Morgan fingerprint density at radius 1 is 1.09 bits per heavy atom. The third-order valence-corrected chi connectivity index (χ3v) is 8.05. The number of ether oxygens (including phenoxy) is 1. The molecule has 0 saturated carbocycles. The normalized spacial score (nSPS) is 30.5. The van der Waals surface area contributed by atoms with Gasteiger partial charge in [-0.2, -0.15) is 0 Å². The number of thioether (sulfide) groups is 1. The summed E-state index contributed by atoms with van der Waals surface area (Å²) in [5.74, 6) is -1.39. The van der Waals surface area contributed by atoms with Crippen LogP contribution in [0.1, 0.15) is 52.9 Å². The average molecular weight is 502 g/mol. The second-order valence-corrected chi connectivity index (χ2v) is 11.3. The second kappa shape index (κ2) is 10.2. The molecule has 0 aromatic rings. The molecule has 3 saturated heterocycles. The van der Waals surface area contributed by atoms with Crippen LogP contribution in [0.5, 0.6) is 0 Å². The predicted octanol–water partition coefficient (Wildman–Crippen LogP) is 1.41. The molecule has 0 aliphatic carbocycles. The van der Waals surface area contributed by atoms with Crippen LogP contribution in [-0.4, -0.2) is 98.5 Å². The van der Waals surface area contributed by atoms with Crippen LogP contribution in [0.15, 0.2) is 0 Å². The number of likely N-dealkylation sites (tertiary alicyclic amines) is 3. The molecule has 184 valence electrons. The Bertz CT molecular complexity index is 839. The van der Waals surface area contributed by atoms with Crippen molar-refractivity contribution in [2.45, 2.75) is 81.1 Å². The molecule has 3 rings (SSSR count). The highest BCUT2D eigenvalue weighted by Crippen LogP contribution is 2.36. The maximum absolute atomic E-state index is 13.7. The Morgan fingerprint density at radius 2 is 1.79 bits per heavy atom. The first-order valence-electron chi connectivity index (χ1n) is 11.3. The Balaban J connectivity index is 1.81. The molecule has 0 unspecified atom stereocenters. The van der Waals surface area contributed by atoms with Gasteiger partial charge in [-0.05, 0) is 46.0 Å². The number of methoxy groups -OCH3 is 1. The third kappa shape index (κ3) is 5.01. The van der Waals surface area contributed by atoms with E-state index in [0.717, 1.165) is 11.8 Å². The standard InChI is InChI=1S/C22H32ClN3O6S/c1-13(23)18(28)26-10-6-8-22(26,3)21(31)24-9-5-7-16(24)19(29)25-12-15(33-14(2)27)11-17(25)20(30)32-4/h13,15-17H,5-12H2,1-4H3/t13-,15-,16-,17-,22-/m0/s1. The van der Waals surface area contributed by atoms with Crippen LogP contribution >= 0.6 is 23.4 Å².